The number of hydrogen-bond donors (Lipinski definition) is 0. The Labute approximate surface area is 254 Å². The topological polar surface area (TPSA) is 13.1 Å². The summed E-state index contributed by atoms with van der Waals surface area (Å²) in [5.41, 5.74) is 7.31. The van der Waals surface area contributed by atoms with E-state index in [0.717, 1.165) is 76.7 Å². The Morgan fingerprint density at radius 3 is 1.70 bits per heavy atom. The van der Waals surface area contributed by atoms with E-state index in [0.29, 0.717) is 5.56 Å². The van der Waals surface area contributed by atoms with Crippen LogP contribution in [-0.4, -0.2) is 0 Å². The van der Waals surface area contributed by atoms with Gasteiger partial charge in [-0.05, 0) is 96.0 Å². The van der Waals surface area contributed by atoms with Gasteiger partial charge in [-0.25, -0.2) is 0 Å². The molecule has 0 aliphatic heterocycles. The zero-order valence-electron chi connectivity index (χ0n) is 27.1. The summed E-state index contributed by atoms with van der Waals surface area (Å²) < 4.78 is 39.3. The first-order chi connectivity index (χ1) is 23.0. The summed E-state index contributed by atoms with van der Waals surface area (Å²) in [6, 6.07) is 45.2. The maximum Gasteiger partial charge on any atom is 0.136 e. The van der Waals surface area contributed by atoms with E-state index in [4.69, 9.17) is 9.90 Å². The molecule has 0 bridgehead atoms. The van der Waals surface area contributed by atoms with Crippen molar-refractivity contribution >= 4 is 54.3 Å². The van der Waals surface area contributed by atoms with Crippen molar-refractivity contribution < 1.29 is 9.90 Å². The van der Waals surface area contributed by atoms with E-state index >= 15 is 0 Å². The molecule has 0 aliphatic rings. The molecule has 9 aromatic rings. The second-order valence-electron chi connectivity index (χ2n) is 11.0. The minimum Gasteiger partial charge on any atom is -0.456 e. The molecule has 0 amide bonds. The van der Waals surface area contributed by atoms with Gasteiger partial charge in [-0.15, -0.1) is 0 Å². The third kappa shape index (κ3) is 3.79. The van der Waals surface area contributed by atoms with Crippen molar-refractivity contribution in [1.29, 1.82) is 0 Å². The molecule has 0 fully saturated rings. The first-order valence-electron chi connectivity index (χ1n) is 16.4. The summed E-state index contributed by atoms with van der Waals surface area (Å²) in [6.45, 7) is 0. The molecule has 1 heterocycles. The van der Waals surface area contributed by atoms with Gasteiger partial charge in [-0.1, -0.05) is 127 Å². The highest BCUT2D eigenvalue weighted by Crippen LogP contribution is 2.45. The molecule has 0 N–H and O–H groups in total. The van der Waals surface area contributed by atoms with Gasteiger partial charge in [0.25, 0.3) is 0 Å². The number of benzene rings is 8. The van der Waals surface area contributed by atoms with Crippen LogP contribution in [0.1, 0.15) is 5.48 Å². The van der Waals surface area contributed by atoms with Gasteiger partial charge in [0.05, 0.1) is 5.48 Å². The van der Waals surface area contributed by atoms with Crippen molar-refractivity contribution in [2.24, 2.45) is 0 Å². The quantitative estimate of drug-likeness (QED) is 0.199. The Bertz CT molecular complexity index is 2680. The molecular formula is C42H26O. The van der Waals surface area contributed by atoms with Crippen molar-refractivity contribution in [3.63, 3.8) is 0 Å². The van der Waals surface area contributed by atoms with Crippen LogP contribution in [0.15, 0.2) is 162 Å². The van der Waals surface area contributed by atoms with Crippen LogP contribution in [0.4, 0.5) is 0 Å². The fraction of sp³-hybridized carbons (Fsp3) is 0. The summed E-state index contributed by atoms with van der Waals surface area (Å²) in [5.74, 6) is 0. The second kappa shape index (κ2) is 9.44. The largest absolute Gasteiger partial charge is 0.456 e. The molecule has 1 heteroatoms. The zero-order valence-corrected chi connectivity index (χ0v) is 23.1. The fourth-order valence-electron chi connectivity index (χ4n) is 6.64. The van der Waals surface area contributed by atoms with Gasteiger partial charge in [0.1, 0.15) is 11.2 Å². The summed E-state index contributed by atoms with van der Waals surface area (Å²) >= 11 is 0. The van der Waals surface area contributed by atoms with Crippen LogP contribution in [0.25, 0.3) is 87.6 Å². The number of hydrogen-bond acceptors (Lipinski definition) is 1. The van der Waals surface area contributed by atoms with Gasteiger partial charge < -0.3 is 4.42 Å². The van der Waals surface area contributed by atoms with Crippen molar-refractivity contribution in [3.8, 4) is 33.4 Å². The highest BCUT2D eigenvalue weighted by molar-refractivity contribution is 6.22. The van der Waals surface area contributed by atoms with E-state index in [1.165, 1.54) is 11.5 Å². The number of furan rings is 1. The molecule has 0 aliphatic carbocycles. The fourth-order valence-corrected chi connectivity index (χ4v) is 6.64. The van der Waals surface area contributed by atoms with Gasteiger partial charge >= 0.3 is 0 Å². The van der Waals surface area contributed by atoms with E-state index in [-0.39, 0.29) is 24.2 Å². The van der Waals surface area contributed by atoms with Crippen molar-refractivity contribution in [3.05, 3.63) is 158 Å². The maximum absolute atomic E-state index is 8.57. The summed E-state index contributed by atoms with van der Waals surface area (Å²) in [5, 5.41) is 9.00. The van der Waals surface area contributed by atoms with Gasteiger partial charge in [0, 0.05) is 10.8 Å². The molecule has 0 saturated carbocycles. The average molecular weight is 551 g/mol. The molecule has 1 aromatic heterocycles. The van der Waals surface area contributed by atoms with E-state index in [2.05, 4.69) is 103 Å². The first kappa shape index (κ1) is 20.3. The van der Waals surface area contributed by atoms with E-state index < -0.39 is 0 Å². The lowest BCUT2D eigenvalue weighted by molar-refractivity contribution is 0.669. The predicted octanol–water partition coefficient (Wildman–Crippen LogP) is 12.0. The Morgan fingerprint density at radius 1 is 0.372 bits per heavy atom. The maximum atomic E-state index is 8.57. The minimum atomic E-state index is -0.228. The lowest BCUT2D eigenvalue weighted by Crippen LogP contribution is -1.91. The van der Waals surface area contributed by atoms with Crippen LogP contribution in [0.3, 0.4) is 0 Å². The van der Waals surface area contributed by atoms with Crippen molar-refractivity contribution in [2.45, 2.75) is 0 Å². The van der Waals surface area contributed by atoms with Crippen LogP contribution in [0.2, 0.25) is 0 Å². The number of rotatable bonds is 3. The first-order valence-corrected chi connectivity index (χ1v) is 14.4. The Balaban J connectivity index is 1.30. The van der Waals surface area contributed by atoms with Gasteiger partial charge in [0.15, 0.2) is 0 Å². The molecule has 8 aromatic carbocycles. The summed E-state index contributed by atoms with van der Waals surface area (Å²) in [7, 11) is 0. The van der Waals surface area contributed by atoms with Crippen LogP contribution < -0.4 is 0 Å². The highest BCUT2D eigenvalue weighted by Gasteiger charge is 2.18. The molecule has 0 radical (unpaired) electrons. The molecule has 0 unspecified atom stereocenters. The number of fused-ring (bicyclic) bond motifs is 6. The minimum absolute atomic E-state index is 0.0385. The van der Waals surface area contributed by atoms with Crippen LogP contribution in [0, 0.1) is 0 Å². The molecule has 200 valence electrons. The van der Waals surface area contributed by atoms with Crippen LogP contribution >= 0.6 is 0 Å². The Kier molecular flexibility index (Phi) is 4.45. The molecule has 9 rings (SSSR count). The van der Waals surface area contributed by atoms with Crippen LogP contribution in [-0.2, 0) is 0 Å². The highest BCUT2D eigenvalue weighted by atomic mass is 16.3. The molecule has 1 nitrogen and oxygen atoms in total. The third-order valence-electron chi connectivity index (χ3n) is 8.57. The average Bonchev–Trinajstić information content (AvgIpc) is 3.46. The SMILES string of the molecule is [2H]c1cc(-c2cccc(-c3c4ccccc4c(-c4ccc5oc6cc7ccccc7cc6c5c4)c4ccccc34)c2)c([2H])c([2H])c1[2H]. The smallest absolute Gasteiger partial charge is 0.136 e. The lowest BCUT2D eigenvalue weighted by Gasteiger charge is -2.18. The van der Waals surface area contributed by atoms with Gasteiger partial charge in [0.2, 0.25) is 0 Å². The predicted molar refractivity (Wildman–Crippen MR) is 183 cm³/mol. The normalized spacial score (nSPS) is 13.0. The van der Waals surface area contributed by atoms with Crippen molar-refractivity contribution in [2.75, 3.05) is 0 Å². The summed E-state index contributed by atoms with van der Waals surface area (Å²) in [6.07, 6.45) is 0. The Hall–Kier alpha value is -5.66. The third-order valence-corrected chi connectivity index (χ3v) is 8.57. The summed E-state index contributed by atoms with van der Waals surface area (Å²) in [4.78, 5) is 0. The molecule has 0 atom stereocenters. The molecule has 43 heavy (non-hydrogen) atoms. The molecular weight excluding hydrogens is 520 g/mol. The van der Waals surface area contributed by atoms with Gasteiger partial charge in [-0.3, -0.25) is 0 Å². The van der Waals surface area contributed by atoms with E-state index in [9.17, 15) is 0 Å². The Morgan fingerprint density at radius 2 is 0.977 bits per heavy atom. The van der Waals surface area contributed by atoms with E-state index in [1.54, 1.807) is 0 Å². The lowest BCUT2D eigenvalue weighted by atomic mass is 9.85. The van der Waals surface area contributed by atoms with E-state index in [1.807, 2.05) is 24.3 Å². The van der Waals surface area contributed by atoms with Crippen molar-refractivity contribution in [1.82, 2.24) is 0 Å². The van der Waals surface area contributed by atoms with Gasteiger partial charge in [-0.2, -0.15) is 0 Å². The standard InChI is InChI=1S/C42H26O/c1-2-11-27(12-3-1)28-15-10-16-31(23-28)41-33-17-6-8-19-35(33)42(36-20-9-7-18-34(36)41)32-21-22-39-37(25-32)38-24-29-13-4-5-14-30(29)26-40(38)43-39/h1-26H/i1D,2D,3D,11D. The molecule has 0 saturated heterocycles. The van der Waals surface area contributed by atoms with Crippen LogP contribution in [0.5, 0.6) is 0 Å². The monoisotopic (exact) mass is 550 g/mol. The zero-order chi connectivity index (χ0) is 31.8. The second-order valence-corrected chi connectivity index (χ2v) is 11.0. The molecule has 0 spiro atoms.